The molecule has 0 saturated heterocycles. The number of hydrogen-bond donors (Lipinski definition) is 0. The smallest absolute Gasteiger partial charge is 0.248 e. The standard InChI is InChI=1S/C9H11ClF2N2O/c1-5(10)8-13-7(14-15-8)6-2-3-9(11,12)4-6/h5-6H,2-4H2,1H3. The van der Waals surface area contributed by atoms with Gasteiger partial charge in [-0.25, -0.2) is 8.78 Å². The summed E-state index contributed by atoms with van der Waals surface area (Å²) in [6.07, 6.45) is 0.114. The molecule has 1 heterocycles. The van der Waals surface area contributed by atoms with Crippen LogP contribution in [0, 0.1) is 0 Å². The zero-order valence-electron chi connectivity index (χ0n) is 8.21. The van der Waals surface area contributed by atoms with E-state index in [1.807, 2.05) is 0 Å². The first-order valence-electron chi connectivity index (χ1n) is 4.83. The second-order valence-electron chi connectivity index (χ2n) is 3.90. The van der Waals surface area contributed by atoms with E-state index < -0.39 is 5.92 Å². The fourth-order valence-corrected chi connectivity index (χ4v) is 1.83. The average Bonchev–Trinajstić information content (AvgIpc) is 2.70. The lowest BCUT2D eigenvalue weighted by molar-refractivity contribution is 0.00750. The molecule has 2 unspecified atom stereocenters. The molecule has 1 saturated carbocycles. The third-order valence-corrected chi connectivity index (χ3v) is 2.75. The molecule has 84 valence electrons. The van der Waals surface area contributed by atoms with Crippen molar-refractivity contribution >= 4 is 11.6 Å². The number of hydrogen-bond acceptors (Lipinski definition) is 3. The first-order valence-corrected chi connectivity index (χ1v) is 5.27. The van der Waals surface area contributed by atoms with Crippen LogP contribution in [-0.2, 0) is 0 Å². The molecular weight excluding hydrogens is 226 g/mol. The quantitative estimate of drug-likeness (QED) is 0.740. The number of nitrogens with zero attached hydrogens (tertiary/aromatic N) is 2. The first kappa shape index (κ1) is 10.8. The Bertz CT molecular complexity index is 354. The summed E-state index contributed by atoms with van der Waals surface area (Å²) in [5.74, 6) is -2.23. The minimum Gasteiger partial charge on any atom is -0.338 e. The van der Waals surface area contributed by atoms with Crippen molar-refractivity contribution in [1.82, 2.24) is 10.1 Å². The van der Waals surface area contributed by atoms with E-state index in [1.54, 1.807) is 6.92 Å². The Kier molecular flexibility index (Phi) is 2.66. The van der Waals surface area contributed by atoms with Crippen molar-refractivity contribution in [2.45, 2.75) is 43.4 Å². The fraction of sp³-hybridized carbons (Fsp3) is 0.778. The van der Waals surface area contributed by atoms with Crippen LogP contribution in [0.4, 0.5) is 8.78 Å². The number of aromatic nitrogens is 2. The molecule has 1 aromatic rings. The number of alkyl halides is 3. The van der Waals surface area contributed by atoms with E-state index in [0.717, 1.165) is 0 Å². The van der Waals surface area contributed by atoms with Gasteiger partial charge in [0.2, 0.25) is 11.8 Å². The van der Waals surface area contributed by atoms with Gasteiger partial charge in [-0.1, -0.05) is 5.16 Å². The summed E-state index contributed by atoms with van der Waals surface area (Å²) in [6.45, 7) is 1.70. The third kappa shape index (κ3) is 2.27. The SMILES string of the molecule is CC(Cl)c1nc(C2CCC(F)(F)C2)no1. The fourth-order valence-electron chi connectivity index (χ4n) is 1.75. The number of rotatable bonds is 2. The second-order valence-corrected chi connectivity index (χ2v) is 4.56. The van der Waals surface area contributed by atoms with Crippen molar-refractivity contribution in [2.24, 2.45) is 0 Å². The van der Waals surface area contributed by atoms with Crippen molar-refractivity contribution in [3.8, 4) is 0 Å². The molecule has 2 rings (SSSR count). The highest BCUT2D eigenvalue weighted by atomic mass is 35.5. The van der Waals surface area contributed by atoms with Gasteiger partial charge in [-0.15, -0.1) is 11.6 Å². The highest BCUT2D eigenvalue weighted by Gasteiger charge is 2.41. The molecule has 1 aromatic heterocycles. The maximum Gasteiger partial charge on any atom is 0.248 e. The molecule has 0 bridgehead atoms. The maximum absolute atomic E-state index is 12.9. The Balaban J connectivity index is 2.11. The van der Waals surface area contributed by atoms with Crippen LogP contribution in [-0.4, -0.2) is 16.1 Å². The Morgan fingerprint density at radius 2 is 2.33 bits per heavy atom. The van der Waals surface area contributed by atoms with Crippen LogP contribution in [0.1, 0.15) is 49.2 Å². The molecule has 0 spiro atoms. The molecule has 3 nitrogen and oxygen atoms in total. The molecule has 1 aliphatic carbocycles. The van der Waals surface area contributed by atoms with Crippen molar-refractivity contribution in [2.75, 3.05) is 0 Å². The highest BCUT2D eigenvalue weighted by Crippen LogP contribution is 2.43. The van der Waals surface area contributed by atoms with Gasteiger partial charge in [-0.3, -0.25) is 0 Å². The zero-order valence-corrected chi connectivity index (χ0v) is 8.97. The normalized spacial score (nSPS) is 26.8. The van der Waals surface area contributed by atoms with Crippen molar-refractivity contribution in [1.29, 1.82) is 0 Å². The van der Waals surface area contributed by atoms with Crippen molar-refractivity contribution < 1.29 is 13.3 Å². The largest absolute Gasteiger partial charge is 0.338 e. The van der Waals surface area contributed by atoms with Crippen LogP contribution >= 0.6 is 11.6 Å². The molecule has 0 aliphatic heterocycles. The van der Waals surface area contributed by atoms with E-state index in [4.69, 9.17) is 16.1 Å². The Morgan fingerprint density at radius 3 is 2.80 bits per heavy atom. The predicted molar refractivity (Wildman–Crippen MR) is 50.1 cm³/mol. The molecule has 0 radical (unpaired) electrons. The summed E-state index contributed by atoms with van der Waals surface area (Å²) >= 11 is 5.73. The summed E-state index contributed by atoms with van der Waals surface area (Å²) in [7, 11) is 0. The molecule has 1 aliphatic rings. The molecule has 0 N–H and O–H groups in total. The Labute approximate surface area is 90.8 Å². The van der Waals surface area contributed by atoms with E-state index in [-0.39, 0.29) is 24.1 Å². The molecular formula is C9H11ClF2N2O. The van der Waals surface area contributed by atoms with E-state index in [2.05, 4.69) is 10.1 Å². The van der Waals surface area contributed by atoms with E-state index in [1.165, 1.54) is 0 Å². The van der Waals surface area contributed by atoms with Crippen LogP contribution < -0.4 is 0 Å². The topological polar surface area (TPSA) is 38.9 Å². The van der Waals surface area contributed by atoms with Crippen LogP contribution in [0.25, 0.3) is 0 Å². The lowest BCUT2D eigenvalue weighted by atomic mass is 10.1. The predicted octanol–water partition coefficient (Wildman–Crippen LogP) is 3.27. The summed E-state index contributed by atoms with van der Waals surface area (Å²) in [6, 6.07) is 0. The van der Waals surface area contributed by atoms with Gasteiger partial charge in [0.1, 0.15) is 5.38 Å². The lowest BCUT2D eigenvalue weighted by Gasteiger charge is -2.06. The van der Waals surface area contributed by atoms with Gasteiger partial charge < -0.3 is 4.52 Å². The summed E-state index contributed by atoms with van der Waals surface area (Å²) in [4.78, 5) is 4.01. The van der Waals surface area contributed by atoms with Gasteiger partial charge in [0.25, 0.3) is 0 Å². The summed E-state index contributed by atoms with van der Waals surface area (Å²) in [5.41, 5.74) is 0. The van der Waals surface area contributed by atoms with Crippen LogP contribution in [0.15, 0.2) is 4.52 Å². The van der Waals surface area contributed by atoms with E-state index in [0.29, 0.717) is 18.1 Å². The van der Waals surface area contributed by atoms with Crippen molar-refractivity contribution in [3.63, 3.8) is 0 Å². The monoisotopic (exact) mass is 236 g/mol. The molecule has 1 fully saturated rings. The van der Waals surface area contributed by atoms with E-state index >= 15 is 0 Å². The molecule has 15 heavy (non-hydrogen) atoms. The molecule has 2 atom stereocenters. The third-order valence-electron chi connectivity index (χ3n) is 2.57. The van der Waals surface area contributed by atoms with Gasteiger partial charge >= 0.3 is 0 Å². The summed E-state index contributed by atoms with van der Waals surface area (Å²) in [5, 5.41) is 3.30. The highest BCUT2D eigenvalue weighted by molar-refractivity contribution is 6.20. The van der Waals surface area contributed by atoms with Gasteiger partial charge in [0, 0.05) is 18.8 Å². The summed E-state index contributed by atoms with van der Waals surface area (Å²) < 4.78 is 30.7. The first-order chi connectivity index (χ1) is 6.98. The van der Waals surface area contributed by atoms with Crippen LogP contribution in [0.5, 0.6) is 0 Å². The van der Waals surface area contributed by atoms with Gasteiger partial charge in [-0.05, 0) is 13.3 Å². The van der Waals surface area contributed by atoms with Crippen LogP contribution in [0.3, 0.4) is 0 Å². The minimum atomic E-state index is -2.59. The maximum atomic E-state index is 12.9. The van der Waals surface area contributed by atoms with Crippen LogP contribution in [0.2, 0.25) is 0 Å². The Hall–Kier alpha value is -0.710. The lowest BCUT2D eigenvalue weighted by Crippen LogP contribution is -2.09. The molecule has 6 heteroatoms. The average molecular weight is 237 g/mol. The van der Waals surface area contributed by atoms with E-state index in [9.17, 15) is 8.78 Å². The zero-order chi connectivity index (χ0) is 11.1. The molecule has 0 amide bonds. The molecule has 0 aromatic carbocycles. The number of halogens is 3. The second kappa shape index (κ2) is 3.70. The van der Waals surface area contributed by atoms with Gasteiger partial charge in [0.05, 0.1) is 0 Å². The minimum absolute atomic E-state index is 0.0992. The van der Waals surface area contributed by atoms with Gasteiger partial charge in [0.15, 0.2) is 5.82 Å². The van der Waals surface area contributed by atoms with Crippen molar-refractivity contribution in [3.05, 3.63) is 11.7 Å². The van der Waals surface area contributed by atoms with Gasteiger partial charge in [-0.2, -0.15) is 4.98 Å². The Morgan fingerprint density at radius 1 is 1.60 bits per heavy atom.